The Bertz CT molecular complexity index is 384. The summed E-state index contributed by atoms with van der Waals surface area (Å²) in [5, 5.41) is 38.2. The second-order valence-electron chi connectivity index (χ2n) is 4.49. The van der Waals surface area contributed by atoms with Gasteiger partial charge in [0.15, 0.2) is 6.29 Å². The quantitative estimate of drug-likeness (QED) is 0.560. The van der Waals surface area contributed by atoms with Gasteiger partial charge in [0.25, 0.3) is 0 Å². The van der Waals surface area contributed by atoms with E-state index in [1.165, 1.54) is 0 Å². The molecule has 1 heterocycles. The Hall–Kier alpha value is -1.02. The summed E-state index contributed by atoms with van der Waals surface area (Å²) in [5.74, 6) is 0. The molecule has 0 bridgehead atoms. The number of hydrogen-bond acceptors (Lipinski definition) is 6. The number of hydrogen-bond donors (Lipinski definition) is 4. The van der Waals surface area contributed by atoms with Crippen molar-refractivity contribution in [2.75, 3.05) is 6.61 Å². The molecule has 6 heteroatoms. The molecule has 0 unspecified atom stereocenters. The average Bonchev–Trinajstić information content (AvgIpc) is 2.44. The van der Waals surface area contributed by atoms with E-state index in [2.05, 4.69) is 0 Å². The van der Waals surface area contributed by atoms with E-state index in [-0.39, 0.29) is 6.61 Å². The van der Waals surface area contributed by atoms with E-state index in [1.807, 2.05) is 30.3 Å². The number of aliphatic hydroxyl groups is 4. The molecule has 4 N–H and O–H groups in total. The van der Waals surface area contributed by atoms with Crippen LogP contribution in [0.5, 0.6) is 0 Å². The SMILES string of the molecule is OC[C@@H]1O[C@@H](O)[C@H](O)[C@@H](OCc2ccccc2)[C@@H]1O. The molecule has 1 aliphatic heterocycles. The van der Waals surface area contributed by atoms with Crippen LogP contribution in [-0.2, 0) is 16.1 Å². The Morgan fingerprint density at radius 3 is 2.37 bits per heavy atom. The predicted molar refractivity (Wildman–Crippen MR) is 65.0 cm³/mol. The predicted octanol–water partition coefficient (Wildman–Crippen LogP) is -0.997. The van der Waals surface area contributed by atoms with E-state index in [4.69, 9.17) is 14.6 Å². The van der Waals surface area contributed by atoms with Crippen LogP contribution in [0.1, 0.15) is 5.56 Å². The second kappa shape index (κ2) is 6.42. The van der Waals surface area contributed by atoms with Crippen LogP contribution in [0.15, 0.2) is 30.3 Å². The molecule has 0 aliphatic carbocycles. The molecule has 0 amide bonds. The van der Waals surface area contributed by atoms with Gasteiger partial charge in [-0.15, -0.1) is 0 Å². The maximum atomic E-state index is 9.91. The average molecular weight is 270 g/mol. The minimum absolute atomic E-state index is 0.185. The highest BCUT2D eigenvalue weighted by Gasteiger charge is 2.44. The molecule has 19 heavy (non-hydrogen) atoms. The first-order chi connectivity index (χ1) is 9.13. The third kappa shape index (κ3) is 3.30. The molecule has 1 aliphatic rings. The molecule has 0 spiro atoms. The monoisotopic (exact) mass is 270 g/mol. The maximum Gasteiger partial charge on any atom is 0.184 e. The zero-order valence-corrected chi connectivity index (χ0v) is 10.3. The van der Waals surface area contributed by atoms with Crippen molar-refractivity contribution in [3.8, 4) is 0 Å². The Morgan fingerprint density at radius 1 is 1.05 bits per heavy atom. The van der Waals surface area contributed by atoms with Gasteiger partial charge < -0.3 is 29.9 Å². The molecular formula is C13H18O6. The zero-order chi connectivity index (χ0) is 13.8. The van der Waals surface area contributed by atoms with Gasteiger partial charge >= 0.3 is 0 Å². The number of rotatable bonds is 4. The largest absolute Gasteiger partial charge is 0.394 e. The summed E-state index contributed by atoms with van der Waals surface area (Å²) >= 11 is 0. The molecule has 0 radical (unpaired) electrons. The third-order valence-corrected chi connectivity index (χ3v) is 3.13. The smallest absolute Gasteiger partial charge is 0.184 e. The molecule has 1 aromatic carbocycles. The third-order valence-electron chi connectivity index (χ3n) is 3.13. The van der Waals surface area contributed by atoms with Crippen LogP contribution >= 0.6 is 0 Å². The first-order valence-electron chi connectivity index (χ1n) is 6.09. The van der Waals surface area contributed by atoms with Crippen molar-refractivity contribution < 1.29 is 29.9 Å². The van der Waals surface area contributed by atoms with E-state index in [9.17, 15) is 15.3 Å². The summed E-state index contributed by atoms with van der Waals surface area (Å²) in [6.45, 7) is -0.277. The van der Waals surface area contributed by atoms with Crippen molar-refractivity contribution >= 4 is 0 Å². The lowest BCUT2D eigenvalue weighted by molar-refractivity contribution is -0.296. The maximum absolute atomic E-state index is 9.91. The Balaban J connectivity index is 2.00. The number of ether oxygens (including phenoxy) is 2. The van der Waals surface area contributed by atoms with Crippen LogP contribution in [0.2, 0.25) is 0 Å². The molecule has 1 saturated heterocycles. The minimum atomic E-state index is -1.48. The lowest BCUT2D eigenvalue weighted by Gasteiger charge is -2.39. The van der Waals surface area contributed by atoms with Gasteiger partial charge in [-0.25, -0.2) is 0 Å². The molecule has 0 saturated carbocycles. The van der Waals surface area contributed by atoms with Crippen LogP contribution in [0, 0.1) is 0 Å². The lowest BCUT2D eigenvalue weighted by Crippen LogP contribution is -2.59. The van der Waals surface area contributed by atoms with E-state index in [0.717, 1.165) is 5.56 Å². The molecule has 2 rings (SSSR count). The summed E-state index contributed by atoms with van der Waals surface area (Å²) in [6, 6.07) is 9.26. The number of aliphatic hydroxyl groups excluding tert-OH is 4. The van der Waals surface area contributed by atoms with Gasteiger partial charge in [-0.1, -0.05) is 30.3 Å². The van der Waals surface area contributed by atoms with Gasteiger partial charge in [-0.05, 0) is 5.56 Å². The minimum Gasteiger partial charge on any atom is -0.394 e. The second-order valence-corrected chi connectivity index (χ2v) is 4.49. The van der Waals surface area contributed by atoms with Crippen LogP contribution < -0.4 is 0 Å². The van der Waals surface area contributed by atoms with Gasteiger partial charge in [-0.2, -0.15) is 0 Å². The van der Waals surface area contributed by atoms with Crippen molar-refractivity contribution in [1.29, 1.82) is 0 Å². The van der Waals surface area contributed by atoms with Gasteiger partial charge in [0.2, 0.25) is 0 Å². The van der Waals surface area contributed by atoms with Crippen LogP contribution in [0.4, 0.5) is 0 Å². The topological polar surface area (TPSA) is 99.4 Å². The van der Waals surface area contributed by atoms with E-state index < -0.39 is 37.3 Å². The van der Waals surface area contributed by atoms with Crippen LogP contribution in [0.25, 0.3) is 0 Å². The lowest BCUT2D eigenvalue weighted by atomic mass is 9.99. The van der Waals surface area contributed by atoms with Crippen LogP contribution in [-0.4, -0.2) is 57.7 Å². The molecule has 0 aromatic heterocycles. The summed E-state index contributed by atoms with van der Waals surface area (Å²) in [6.07, 6.45) is -6.03. The van der Waals surface area contributed by atoms with Gasteiger partial charge in [0.1, 0.15) is 24.4 Å². The molecular weight excluding hydrogens is 252 g/mol. The fourth-order valence-corrected chi connectivity index (χ4v) is 2.03. The van der Waals surface area contributed by atoms with Gasteiger partial charge in [-0.3, -0.25) is 0 Å². The Labute approximate surface area is 110 Å². The van der Waals surface area contributed by atoms with Crippen molar-refractivity contribution in [1.82, 2.24) is 0 Å². The standard InChI is InChI=1S/C13H18O6/c14-6-9-10(15)12(11(16)13(17)19-9)18-7-8-4-2-1-3-5-8/h1-5,9-17H,6-7H2/t9-,10+,11+,12-,13+/m0/s1. The van der Waals surface area contributed by atoms with E-state index in [0.29, 0.717) is 0 Å². The van der Waals surface area contributed by atoms with E-state index in [1.54, 1.807) is 0 Å². The zero-order valence-electron chi connectivity index (χ0n) is 10.3. The first-order valence-corrected chi connectivity index (χ1v) is 6.09. The van der Waals surface area contributed by atoms with Crippen molar-refractivity contribution in [3.05, 3.63) is 35.9 Å². The van der Waals surface area contributed by atoms with Crippen molar-refractivity contribution in [2.45, 2.75) is 37.3 Å². The Morgan fingerprint density at radius 2 is 1.74 bits per heavy atom. The van der Waals surface area contributed by atoms with E-state index >= 15 is 0 Å². The normalized spacial score (nSPS) is 35.3. The molecule has 1 aromatic rings. The molecule has 106 valence electrons. The van der Waals surface area contributed by atoms with Crippen LogP contribution in [0.3, 0.4) is 0 Å². The summed E-state index contributed by atoms with van der Waals surface area (Å²) in [7, 11) is 0. The first kappa shape index (κ1) is 14.4. The highest BCUT2D eigenvalue weighted by Crippen LogP contribution is 2.23. The Kier molecular flexibility index (Phi) is 4.87. The highest BCUT2D eigenvalue weighted by atomic mass is 16.6. The van der Waals surface area contributed by atoms with Crippen molar-refractivity contribution in [2.24, 2.45) is 0 Å². The summed E-state index contributed by atoms with van der Waals surface area (Å²) < 4.78 is 10.3. The van der Waals surface area contributed by atoms with Crippen molar-refractivity contribution in [3.63, 3.8) is 0 Å². The van der Waals surface area contributed by atoms with Gasteiger partial charge in [0, 0.05) is 0 Å². The fraction of sp³-hybridized carbons (Fsp3) is 0.538. The summed E-state index contributed by atoms with van der Waals surface area (Å²) in [5.41, 5.74) is 0.878. The molecule has 1 fully saturated rings. The summed E-state index contributed by atoms with van der Waals surface area (Å²) in [4.78, 5) is 0. The highest BCUT2D eigenvalue weighted by molar-refractivity contribution is 5.13. The molecule has 6 nitrogen and oxygen atoms in total. The molecule has 5 atom stereocenters. The van der Waals surface area contributed by atoms with Gasteiger partial charge in [0.05, 0.1) is 13.2 Å². The fourth-order valence-electron chi connectivity index (χ4n) is 2.03. The number of benzene rings is 1.